The summed E-state index contributed by atoms with van der Waals surface area (Å²) < 4.78 is 21.9. The molecule has 2 aromatic heterocycles. The van der Waals surface area contributed by atoms with E-state index < -0.39 is 0 Å². The minimum absolute atomic E-state index is 0.267. The van der Waals surface area contributed by atoms with Gasteiger partial charge in [-0.1, -0.05) is 124 Å². The lowest BCUT2D eigenvalue weighted by atomic mass is 10.1. The summed E-state index contributed by atoms with van der Waals surface area (Å²) in [6.45, 7) is 6.36. The Labute approximate surface area is 405 Å². The van der Waals surface area contributed by atoms with Gasteiger partial charge in [-0.15, -0.1) is 0 Å². The molecule has 6 N–H and O–H groups in total. The molecule has 0 unspecified atom stereocenters. The number of nitrogens with two attached hydrogens (primary N) is 2. The maximum atomic E-state index is 6.05. The lowest BCUT2D eigenvalue weighted by Crippen LogP contribution is -2.21. The van der Waals surface area contributed by atoms with Gasteiger partial charge in [-0.3, -0.25) is 0 Å². The van der Waals surface area contributed by atoms with Crippen molar-refractivity contribution in [3.8, 4) is 23.0 Å². The molecule has 14 nitrogen and oxygen atoms in total. The van der Waals surface area contributed by atoms with Gasteiger partial charge in [-0.05, 0) is 50.9 Å². The van der Waals surface area contributed by atoms with Crippen molar-refractivity contribution in [2.45, 2.75) is 128 Å². The van der Waals surface area contributed by atoms with Gasteiger partial charge in [0.05, 0.1) is 39.5 Å². The standard InChI is InChI=1S/C50H84N10O4S2/c1-59(47-39-35-43(61-3)45(63-5)37-41(39)55-49(51)57-47)31-25-21-17-13-9-7-11-15-19-23-27-53-29-33-65-66-34-30-54-28-24-20-16-12-8-10-14-18-22-26-32-60(2)48-40-36-44(62-4)46(64-6)38-42(40)56-50(52)58-48/h35-38,53-54H,7-34H2,1-6H3,(H2,51,55,57)(H2,52,56,58). The van der Waals surface area contributed by atoms with Crippen LogP contribution >= 0.6 is 21.6 Å². The number of hydrogen-bond donors (Lipinski definition) is 4. The number of methoxy groups -OCH3 is 4. The molecule has 16 heteroatoms. The van der Waals surface area contributed by atoms with Gasteiger partial charge in [0, 0.05) is 74.7 Å². The van der Waals surface area contributed by atoms with Crippen LogP contribution in [0.15, 0.2) is 24.3 Å². The number of aromatic nitrogens is 4. The van der Waals surface area contributed by atoms with E-state index in [1.807, 2.05) is 45.9 Å². The van der Waals surface area contributed by atoms with E-state index in [9.17, 15) is 0 Å². The monoisotopic (exact) mass is 953 g/mol. The zero-order valence-corrected chi connectivity index (χ0v) is 43.0. The van der Waals surface area contributed by atoms with Crippen molar-refractivity contribution in [2.24, 2.45) is 0 Å². The second-order valence-corrected chi connectivity index (χ2v) is 20.0. The van der Waals surface area contributed by atoms with Crippen LogP contribution in [-0.4, -0.2) is 113 Å². The summed E-state index contributed by atoms with van der Waals surface area (Å²) in [6.07, 6.45) is 26.0. The van der Waals surface area contributed by atoms with E-state index in [1.165, 1.54) is 127 Å². The largest absolute Gasteiger partial charge is 0.493 e. The lowest BCUT2D eigenvalue weighted by molar-refractivity contribution is 0.356. The van der Waals surface area contributed by atoms with Crippen molar-refractivity contribution in [1.82, 2.24) is 30.6 Å². The molecule has 0 fully saturated rings. The van der Waals surface area contributed by atoms with Gasteiger partial charge in [0.15, 0.2) is 23.0 Å². The number of nitrogens with one attached hydrogen (secondary N) is 2. The van der Waals surface area contributed by atoms with Crippen molar-refractivity contribution < 1.29 is 18.9 Å². The molecule has 0 aliphatic carbocycles. The molecule has 0 atom stereocenters. The van der Waals surface area contributed by atoms with Crippen LogP contribution in [0.3, 0.4) is 0 Å². The third kappa shape index (κ3) is 19.8. The van der Waals surface area contributed by atoms with Crippen LogP contribution < -0.4 is 50.8 Å². The fraction of sp³-hybridized carbons (Fsp3) is 0.680. The SMILES string of the molecule is COc1cc2nc(N)nc(N(C)CCCCCCCCCCCCNCCSSCCNCCCCCCCCCCCCN(C)c3nc(N)nc4cc(OC)c(OC)cc34)c2cc1OC. The number of nitrogen functional groups attached to an aromatic ring is 2. The quantitative estimate of drug-likeness (QED) is 0.0246. The molecule has 2 heterocycles. The Bertz CT molecular complexity index is 1810. The van der Waals surface area contributed by atoms with Crippen molar-refractivity contribution in [2.75, 3.05) is 115 Å². The van der Waals surface area contributed by atoms with Crippen LogP contribution in [-0.2, 0) is 0 Å². The van der Waals surface area contributed by atoms with Crippen LogP contribution in [0.25, 0.3) is 21.8 Å². The van der Waals surface area contributed by atoms with E-state index in [0.29, 0.717) is 23.0 Å². The molecule has 66 heavy (non-hydrogen) atoms. The number of nitrogens with zero attached hydrogens (tertiary/aromatic N) is 6. The number of ether oxygens (including phenoxy) is 4. The van der Waals surface area contributed by atoms with E-state index in [2.05, 4.69) is 54.5 Å². The first-order chi connectivity index (χ1) is 32.3. The van der Waals surface area contributed by atoms with Gasteiger partial charge in [-0.25, -0.2) is 9.97 Å². The van der Waals surface area contributed by atoms with E-state index in [4.69, 9.17) is 30.4 Å². The Kier molecular flexibility index (Phi) is 27.2. The summed E-state index contributed by atoms with van der Waals surface area (Å²) >= 11 is 0. The van der Waals surface area contributed by atoms with Crippen molar-refractivity contribution in [3.63, 3.8) is 0 Å². The second-order valence-electron chi connectivity index (χ2n) is 17.3. The number of anilines is 4. The van der Waals surface area contributed by atoms with E-state index in [0.717, 1.165) is 85.6 Å². The van der Waals surface area contributed by atoms with Gasteiger partial charge in [0.1, 0.15) is 11.6 Å². The highest BCUT2D eigenvalue weighted by atomic mass is 33.1. The normalized spacial score (nSPS) is 11.4. The predicted octanol–water partition coefficient (Wildman–Crippen LogP) is 10.7. The zero-order chi connectivity index (χ0) is 47.2. The highest BCUT2D eigenvalue weighted by molar-refractivity contribution is 8.76. The van der Waals surface area contributed by atoms with Gasteiger partial charge >= 0.3 is 0 Å². The molecule has 0 bridgehead atoms. The van der Waals surface area contributed by atoms with Crippen molar-refractivity contribution in [1.29, 1.82) is 0 Å². The summed E-state index contributed by atoms with van der Waals surface area (Å²) in [5.41, 5.74) is 13.6. The predicted molar refractivity (Wildman–Crippen MR) is 284 cm³/mol. The fourth-order valence-electron chi connectivity index (χ4n) is 8.33. The first kappa shape index (κ1) is 54.7. The minimum Gasteiger partial charge on any atom is -0.493 e. The smallest absolute Gasteiger partial charge is 0.222 e. The molecule has 4 rings (SSSR count). The molecule has 0 aliphatic rings. The average molecular weight is 953 g/mol. The highest BCUT2D eigenvalue weighted by Crippen LogP contribution is 2.37. The average Bonchev–Trinajstić information content (AvgIpc) is 3.32. The maximum Gasteiger partial charge on any atom is 0.222 e. The summed E-state index contributed by atoms with van der Waals surface area (Å²) in [5.74, 6) is 7.15. The molecule has 0 radical (unpaired) electrons. The first-order valence-corrected chi connectivity index (χ1v) is 27.2. The molecule has 4 aromatic rings. The van der Waals surface area contributed by atoms with Gasteiger partial charge < -0.3 is 50.8 Å². The third-order valence-corrected chi connectivity index (χ3v) is 14.5. The Hall–Kier alpha value is -3.86. The molecule has 0 spiro atoms. The summed E-state index contributed by atoms with van der Waals surface area (Å²) in [6, 6.07) is 7.59. The Morgan fingerprint density at radius 1 is 0.424 bits per heavy atom. The summed E-state index contributed by atoms with van der Waals surface area (Å²) in [5, 5.41) is 9.11. The number of unbranched alkanes of at least 4 members (excludes halogenated alkanes) is 18. The van der Waals surface area contributed by atoms with Crippen molar-refractivity contribution >= 4 is 66.9 Å². The van der Waals surface area contributed by atoms with E-state index in [-0.39, 0.29) is 11.9 Å². The van der Waals surface area contributed by atoms with Gasteiger partial charge in [0.2, 0.25) is 11.9 Å². The van der Waals surface area contributed by atoms with Gasteiger partial charge in [0.25, 0.3) is 0 Å². The molecular formula is C50H84N10O4S2. The zero-order valence-electron chi connectivity index (χ0n) is 41.4. The lowest BCUT2D eigenvalue weighted by Gasteiger charge is -2.21. The minimum atomic E-state index is 0.267. The molecule has 0 saturated heterocycles. The topological polar surface area (TPSA) is 171 Å². The van der Waals surface area contributed by atoms with Gasteiger partial charge in [-0.2, -0.15) is 9.97 Å². The Balaban J connectivity index is 0.838. The molecular weight excluding hydrogens is 869 g/mol. The molecule has 0 aliphatic heterocycles. The number of hydrogen-bond acceptors (Lipinski definition) is 16. The van der Waals surface area contributed by atoms with E-state index in [1.54, 1.807) is 28.4 Å². The van der Waals surface area contributed by atoms with Crippen LogP contribution in [0, 0.1) is 0 Å². The first-order valence-electron chi connectivity index (χ1n) is 24.8. The number of fused-ring (bicyclic) bond motifs is 2. The summed E-state index contributed by atoms with van der Waals surface area (Å²) in [7, 11) is 14.7. The van der Waals surface area contributed by atoms with Crippen LogP contribution in [0.5, 0.6) is 23.0 Å². The Morgan fingerprint density at radius 2 is 0.727 bits per heavy atom. The van der Waals surface area contributed by atoms with Crippen LogP contribution in [0.4, 0.5) is 23.5 Å². The Morgan fingerprint density at radius 3 is 1.06 bits per heavy atom. The fourth-order valence-corrected chi connectivity index (χ4v) is 10.2. The van der Waals surface area contributed by atoms with Crippen molar-refractivity contribution in [3.05, 3.63) is 24.3 Å². The maximum absolute atomic E-state index is 6.05. The van der Waals surface area contributed by atoms with E-state index >= 15 is 0 Å². The highest BCUT2D eigenvalue weighted by Gasteiger charge is 2.17. The molecule has 0 saturated carbocycles. The molecule has 370 valence electrons. The molecule has 0 amide bonds. The van der Waals surface area contributed by atoms with Crippen LogP contribution in [0.1, 0.15) is 128 Å². The second kappa shape index (κ2) is 32.8. The van der Waals surface area contributed by atoms with Crippen LogP contribution in [0.2, 0.25) is 0 Å². The molecule has 2 aromatic carbocycles. The third-order valence-electron chi connectivity index (χ3n) is 12.1. The number of benzene rings is 2. The number of rotatable bonds is 39. The summed E-state index contributed by atoms with van der Waals surface area (Å²) in [4.78, 5) is 22.3.